The number of para-hydroxylation sites is 1. The zero-order valence-corrected chi connectivity index (χ0v) is 9.96. The van der Waals surface area contributed by atoms with E-state index >= 15 is 0 Å². The van der Waals surface area contributed by atoms with Crippen LogP contribution in [0.5, 0.6) is 0 Å². The molecule has 2 aromatic heterocycles. The zero-order chi connectivity index (χ0) is 13.7. The summed E-state index contributed by atoms with van der Waals surface area (Å²) in [5.74, 6) is -0.507. The largest absolute Gasteiger partial charge is 0.364 e. The fraction of sp³-hybridized carbons (Fsp3) is 0. The summed E-state index contributed by atoms with van der Waals surface area (Å²) >= 11 is 0. The predicted molar refractivity (Wildman–Crippen MR) is 71.7 cm³/mol. The van der Waals surface area contributed by atoms with Gasteiger partial charge in [0, 0.05) is 17.6 Å². The Labute approximate surface area is 108 Å². The number of H-pyrrole nitrogens is 2. The first-order valence-electron chi connectivity index (χ1n) is 5.55. The predicted octanol–water partition coefficient (Wildman–Crippen LogP) is 1.04. The molecule has 0 bridgehead atoms. The number of rotatable bonds is 1. The van der Waals surface area contributed by atoms with Crippen molar-refractivity contribution in [2.24, 2.45) is 5.73 Å². The van der Waals surface area contributed by atoms with Gasteiger partial charge in [-0.15, -0.1) is 0 Å². The SMILES string of the molecule is NC(=O)c1n[nH]c2ccccc12.O=c1cccc[nH]1. The number of amides is 1. The smallest absolute Gasteiger partial charge is 0.269 e. The number of benzene rings is 1. The Bertz CT molecular complexity index is 728. The van der Waals surface area contributed by atoms with E-state index in [1.807, 2.05) is 18.2 Å². The van der Waals surface area contributed by atoms with E-state index in [1.165, 1.54) is 6.07 Å². The van der Waals surface area contributed by atoms with Crippen molar-refractivity contribution in [3.05, 3.63) is 64.7 Å². The Morgan fingerprint density at radius 3 is 2.42 bits per heavy atom. The van der Waals surface area contributed by atoms with Gasteiger partial charge in [-0.25, -0.2) is 0 Å². The normalized spacial score (nSPS) is 9.68. The number of primary amides is 1. The van der Waals surface area contributed by atoms with Crippen molar-refractivity contribution in [2.75, 3.05) is 0 Å². The van der Waals surface area contributed by atoms with Crippen molar-refractivity contribution in [3.63, 3.8) is 0 Å². The summed E-state index contributed by atoms with van der Waals surface area (Å²) in [6, 6.07) is 12.3. The summed E-state index contributed by atoms with van der Waals surface area (Å²) in [6.07, 6.45) is 1.60. The lowest BCUT2D eigenvalue weighted by Crippen LogP contribution is -2.11. The number of hydrogen-bond acceptors (Lipinski definition) is 3. The maximum absolute atomic E-state index is 10.8. The molecule has 2 heterocycles. The van der Waals surface area contributed by atoms with Gasteiger partial charge in [-0.2, -0.15) is 5.10 Å². The molecule has 0 radical (unpaired) electrons. The molecule has 19 heavy (non-hydrogen) atoms. The van der Waals surface area contributed by atoms with Gasteiger partial charge in [-0.1, -0.05) is 24.3 Å². The zero-order valence-electron chi connectivity index (χ0n) is 9.96. The molecule has 0 aliphatic rings. The van der Waals surface area contributed by atoms with Crippen LogP contribution in [0, 0.1) is 0 Å². The molecule has 6 heteroatoms. The molecule has 3 rings (SSSR count). The first kappa shape index (κ1) is 12.6. The molecule has 6 nitrogen and oxygen atoms in total. The fourth-order valence-corrected chi connectivity index (χ4v) is 1.53. The van der Waals surface area contributed by atoms with Crippen LogP contribution in [0.15, 0.2) is 53.5 Å². The third-order valence-corrected chi connectivity index (χ3v) is 2.38. The summed E-state index contributed by atoms with van der Waals surface area (Å²) in [4.78, 5) is 23.5. The van der Waals surface area contributed by atoms with E-state index in [2.05, 4.69) is 15.2 Å². The number of nitrogens with two attached hydrogens (primary N) is 1. The first-order valence-corrected chi connectivity index (χ1v) is 5.55. The molecule has 4 N–H and O–H groups in total. The molecule has 0 aliphatic carbocycles. The van der Waals surface area contributed by atoms with Crippen LogP contribution in [0.1, 0.15) is 10.5 Å². The maximum Gasteiger partial charge on any atom is 0.269 e. The number of aromatic amines is 2. The second-order valence-corrected chi connectivity index (χ2v) is 3.71. The Morgan fingerprint density at radius 2 is 1.84 bits per heavy atom. The van der Waals surface area contributed by atoms with E-state index < -0.39 is 5.91 Å². The molecule has 0 fully saturated rings. The molecule has 1 aromatic carbocycles. The number of fused-ring (bicyclic) bond motifs is 1. The molecule has 0 saturated carbocycles. The molecular weight excluding hydrogens is 244 g/mol. The molecule has 1 amide bonds. The third kappa shape index (κ3) is 3.06. The summed E-state index contributed by atoms with van der Waals surface area (Å²) in [6.45, 7) is 0. The molecule has 3 aromatic rings. The van der Waals surface area contributed by atoms with E-state index in [0.717, 1.165) is 10.9 Å². The molecule has 0 spiro atoms. The minimum Gasteiger partial charge on any atom is -0.364 e. The average molecular weight is 256 g/mol. The Hall–Kier alpha value is -2.89. The van der Waals surface area contributed by atoms with Gasteiger partial charge in [0.25, 0.3) is 5.91 Å². The molecule has 0 unspecified atom stereocenters. The highest BCUT2D eigenvalue weighted by Gasteiger charge is 2.08. The minimum absolute atomic E-state index is 0.0532. The summed E-state index contributed by atoms with van der Waals surface area (Å²) in [5.41, 5.74) is 6.17. The standard InChI is InChI=1S/C8H7N3O.C5H5NO/c9-8(12)7-5-3-1-2-4-6(5)10-11-7;7-5-3-1-2-4-6-5/h1-4H,(H2,9,12)(H,10,11);1-4H,(H,6,7). The van der Waals surface area contributed by atoms with Gasteiger partial charge in [-0.05, 0) is 12.1 Å². The third-order valence-electron chi connectivity index (χ3n) is 2.38. The lowest BCUT2D eigenvalue weighted by atomic mass is 10.2. The first-order chi connectivity index (χ1) is 9.18. The van der Waals surface area contributed by atoms with Crippen molar-refractivity contribution in [2.45, 2.75) is 0 Å². The van der Waals surface area contributed by atoms with Crippen LogP contribution in [-0.4, -0.2) is 21.1 Å². The summed E-state index contributed by atoms with van der Waals surface area (Å²) < 4.78 is 0. The number of aromatic nitrogens is 3. The number of carbonyl (C=O) groups excluding carboxylic acids is 1. The highest BCUT2D eigenvalue weighted by atomic mass is 16.1. The second-order valence-electron chi connectivity index (χ2n) is 3.71. The van der Waals surface area contributed by atoms with Crippen LogP contribution in [-0.2, 0) is 0 Å². The van der Waals surface area contributed by atoms with Gasteiger partial charge in [0.15, 0.2) is 5.69 Å². The van der Waals surface area contributed by atoms with Crippen LogP contribution in [0.4, 0.5) is 0 Å². The molecular formula is C13H12N4O2. The monoisotopic (exact) mass is 256 g/mol. The van der Waals surface area contributed by atoms with E-state index in [0.29, 0.717) is 5.69 Å². The fourth-order valence-electron chi connectivity index (χ4n) is 1.53. The number of nitrogens with one attached hydrogen (secondary N) is 2. The van der Waals surface area contributed by atoms with E-state index in [1.54, 1.807) is 24.4 Å². The molecule has 0 aliphatic heterocycles. The van der Waals surface area contributed by atoms with Crippen molar-refractivity contribution >= 4 is 16.8 Å². The van der Waals surface area contributed by atoms with Crippen molar-refractivity contribution in [1.29, 1.82) is 0 Å². The Kier molecular flexibility index (Phi) is 3.72. The lowest BCUT2D eigenvalue weighted by molar-refractivity contribution is 0.0997. The van der Waals surface area contributed by atoms with Gasteiger partial charge in [0.2, 0.25) is 5.56 Å². The van der Waals surface area contributed by atoms with Crippen LogP contribution in [0.3, 0.4) is 0 Å². The molecule has 96 valence electrons. The van der Waals surface area contributed by atoms with E-state index in [-0.39, 0.29) is 5.56 Å². The molecule has 0 atom stereocenters. The highest BCUT2D eigenvalue weighted by Crippen LogP contribution is 2.13. The van der Waals surface area contributed by atoms with Crippen LogP contribution >= 0.6 is 0 Å². The maximum atomic E-state index is 10.8. The number of nitrogens with zero attached hydrogens (tertiary/aromatic N) is 1. The molecule has 0 saturated heterocycles. The quantitative estimate of drug-likeness (QED) is 0.605. The van der Waals surface area contributed by atoms with Crippen molar-refractivity contribution in [1.82, 2.24) is 15.2 Å². The Morgan fingerprint density at radius 1 is 1.11 bits per heavy atom. The number of carbonyl (C=O) groups is 1. The van der Waals surface area contributed by atoms with E-state index in [9.17, 15) is 9.59 Å². The van der Waals surface area contributed by atoms with Gasteiger partial charge in [0.05, 0.1) is 5.52 Å². The van der Waals surface area contributed by atoms with Crippen LogP contribution in [0.25, 0.3) is 10.9 Å². The summed E-state index contributed by atoms with van der Waals surface area (Å²) in [7, 11) is 0. The van der Waals surface area contributed by atoms with Gasteiger partial charge in [-0.3, -0.25) is 14.7 Å². The van der Waals surface area contributed by atoms with E-state index in [4.69, 9.17) is 5.73 Å². The van der Waals surface area contributed by atoms with Crippen molar-refractivity contribution in [3.8, 4) is 0 Å². The summed E-state index contributed by atoms with van der Waals surface area (Å²) in [5, 5.41) is 7.28. The second kappa shape index (κ2) is 5.63. The van der Waals surface area contributed by atoms with Crippen molar-refractivity contribution < 1.29 is 4.79 Å². The van der Waals surface area contributed by atoms with Gasteiger partial charge in [0.1, 0.15) is 0 Å². The minimum atomic E-state index is -0.507. The lowest BCUT2D eigenvalue weighted by Gasteiger charge is -1.88. The van der Waals surface area contributed by atoms with Crippen LogP contribution < -0.4 is 11.3 Å². The van der Waals surface area contributed by atoms with Crippen LogP contribution in [0.2, 0.25) is 0 Å². The number of pyridine rings is 1. The average Bonchev–Trinajstić information content (AvgIpc) is 2.84. The Balaban J connectivity index is 0.000000163. The number of hydrogen-bond donors (Lipinski definition) is 3. The topological polar surface area (TPSA) is 105 Å². The highest BCUT2D eigenvalue weighted by molar-refractivity contribution is 6.03. The van der Waals surface area contributed by atoms with Gasteiger partial charge >= 0.3 is 0 Å². The van der Waals surface area contributed by atoms with Gasteiger partial charge < -0.3 is 10.7 Å².